The molecule has 18 heavy (non-hydrogen) atoms. The first-order valence-corrected chi connectivity index (χ1v) is 5.23. The van der Waals surface area contributed by atoms with Crippen LogP contribution in [0.25, 0.3) is 5.69 Å². The molecule has 0 unspecified atom stereocenters. The average Bonchev–Trinajstić information content (AvgIpc) is 2.82. The van der Waals surface area contributed by atoms with Crippen LogP contribution >= 0.6 is 0 Å². The molecule has 1 aromatic heterocycles. The number of aryl methyl sites for hydroxylation is 1. The molecule has 1 aromatic carbocycles. The molecule has 0 aliphatic rings. The molecule has 0 aliphatic heterocycles. The number of rotatable bonds is 2. The highest BCUT2D eigenvalue weighted by Gasteiger charge is 2.16. The minimum Gasteiger partial charge on any atom is -0.289 e. The maximum Gasteiger partial charge on any atom is 0.287 e. The molecule has 6 heteroatoms. The molecule has 0 saturated heterocycles. The van der Waals surface area contributed by atoms with Crippen LogP contribution in [-0.2, 0) is 0 Å². The maximum atomic E-state index is 11.4. The fourth-order valence-electron chi connectivity index (χ4n) is 1.52. The molecule has 0 bridgehead atoms. The first kappa shape index (κ1) is 11.8. The molecule has 90 valence electrons. The van der Waals surface area contributed by atoms with Crippen LogP contribution in [-0.4, -0.2) is 15.7 Å². The number of hydrogen-bond donors (Lipinski definition) is 2. The van der Waals surface area contributed by atoms with Crippen molar-refractivity contribution in [3.05, 3.63) is 47.3 Å². The van der Waals surface area contributed by atoms with E-state index in [1.165, 1.54) is 10.9 Å². The molecular weight excluding hydrogens is 230 g/mol. The highest BCUT2D eigenvalue weighted by atomic mass is 16.2. The molecule has 0 spiro atoms. The molecule has 6 nitrogen and oxygen atoms in total. The fraction of sp³-hybridized carbons (Fsp3) is 0.0833. The lowest BCUT2D eigenvalue weighted by atomic mass is 10.2. The first-order chi connectivity index (χ1) is 8.65. The average molecular weight is 241 g/mol. The third-order valence-electron chi connectivity index (χ3n) is 2.48. The van der Waals surface area contributed by atoms with Gasteiger partial charge in [0.25, 0.3) is 5.91 Å². The Kier molecular flexibility index (Phi) is 3.08. The van der Waals surface area contributed by atoms with Crippen LogP contribution in [0.1, 0.15) is 21.6 Å². The number of nitrogens with two attached hydrogens (primary N) is 1. The van der Waals surface area contributed by atoms with Crippen molar-refractivity contribution >= 4 is 5.91 Å². The summed E-state index contributed by atoms with van der Waals surface area (Å²) in [6.45, 7) is 1.97. The summed E-state index contributed by atoms with van der Waals surface area (Å²) in [6.07, 6.45) is 1.50. The number of nitrogens with one attached hydrogen (secondary N) is 1. The molecule has 3 N–H and O–H groups in total. The number of carbonyl (C=O) groups excluding carboxylic acids is 1. The van der Waals surface area contributed by atoms with Crippen LogP contribution in [0.2, 0.25) is 0 Å². The Hall–Kier alpha value is -2.65. The second-order valence-corrected chi connectivity index (χ2v) is 3.76. The van der Waals surface area contributed by atoms with Crippen LogP contribution in [0.5, 0.6) is 0 Å². The van der Waals surface area contributed by atoms with E-state index in [1.54, 1.807) is 0 Å². The summed E-state index contributed by atoms with van der Waals surface area (Å²) in [5.41, 5.74) is 4.05. The van der Waals surface area contributed by atoms with E-state index in [-0.39, 0.29) is 11.3 Å². The molecule has 1 heterocycles. The Labute approximate surface area is 104 Å². The van der Waals surface area contributed by atoms with Gasteiger partial charge in [-0.1, -0.05) is 17.7 Å². The quantitative estimate of drug-likeness (QED) is 0.458. The van der Waals surface area contributed by atoms with E-state index in [4.69, 9.17) is 11.1 Å². The van der Waals surface area contributed by atoms with E-state index in [2.05, 4.69) is 5.10 Å². The normalized spacial score (nSPS) is 9.83. The Bertz CT molecular complexity index is 621. The summed E-state index contributed by atoms with van der Waals surface area (Å²) in [4.78, 5) is 11.4. The molecule has 0 saturated carbocycles. The number of nitrogens with zero attached hydrogens (tertiary/aromatic N) is 3. The van der Waals surface area contributed by atoms with Gasteiger partial charge >= 0.3 is 0 Å². The zero-order chi connectivity index (χ0) is 13.1. The predicted octanol–water partition coefficient (Wildman–Crippen LogP) is 0.656. The number of aromatic nitrogens is 2. The summed E-state index contributed by atoms with van der Waals surface area (Å²) in [5.74, 6) is 4.45. The van der Waals surface area contributed by atoms with Crippen molar-refractivity contribution in [2.75, 3.05) is 0 Å². The van der Waals surface area contributed by atoms with Crippen molar-refractivity contribution in [1.29, 1.82) is 5.26 Å². The van der Waals surface area contributed by atoms with Gasteiger partial charge in [0.1, 0.15) is 11.6 Å². The number of benzene rings is 1. The molecule has 0 aliphatic carbocycles. The van der Waals surface area contributed by atoms with Gasteiger partial charge in [0.2, 0.25) is 0 Å². The minimum absolute atomic E-state index is 0.0144. The van der Waals surface area contributed by atoms with Crippen LogP contribution in [0.4, 0.5) is 0 Å². The monoisotopic (exact) mass is 241 g/mol. The molecule has 2 aromatic rings. The Morgan fingerprint density at radius 2 is 2.11 bits per heavy atom. The Morgan fingerprint density at radius 3 is 2.67 bits per heavy atom. The van der Waals surface area contributed by atoms with Gasteiger partial charge in [-0.3, -0.25) is 10.2 Å². The van der Waals surface area contributed by atoms with E-state index >= 15 is 0 Å². The van der Waals surface area contributed by atoms with Crippen molar-refractivity contribution in [2.24, 2.45) is 5.84 Å². The summed E-state index contributed by atoms with van der Waals surface area (Å²) in [5, 5.41) is 13.0. The first-order valence-electron chi connectivity index (χ1n) is 5.23. The molecule has 0 atom stereocenters. The van der Waals surface area contributed by atoms with Gasteiger partial charge in [-0.25, -0.2) is 10.5 Å². The van der Waals surface area contributed by atoms with Gasteiger partial charge in [-0.05, 0) is 19.1 Å². The van der Waals surface area contributed by atoms with Crippen LogP contribution in [0, 0.1) is 18.3 Å². The number of nitrogen functional groups attached to an aromatic ring is 1. The van der Waals surface area contributed by atoms with E-state index < -0.39 is 5.91 Å². The second-order valence-electron chi connectivity index (χ2n) is 3.76. The van der Waals surface area contributed by atoms with Gasteiger partial charge in [0.05, 0.1) is 5.69 Å². The molecule has 0 fully saturated rings. The standard InChI is InChI=1S/C12H11N5O/c1-8-2-4-10(5-3-8)17-7-9(6-13)11(16-17)12(18)15-14/h2-5,7H,14H2,1H3,(H,15,18). The van der Waals surface area contributed by atoms with Gasteiger partial charge in [0, 0.05) is 6.20 Å². The smallest absolute Gasteiger partial charge is 0.287 e. The summed E-state index contributed by atoms with van der Waals surface area (Å²) < 4.78 is 1.47. The number of carbonyl (C=O) groups is 1. The number of nitriles is 1. The topological polar surface area (TPSA) is 96.7 Å². The zero-order valence-electron chi connectivity index (χ0n) is 9.71. The van der Waals surface area contributed by atoms with Crippen LogP contribution in [0.15, 0.2) is 30.5 Å². The SMILES string of the molecule is Cc1ccc(-n2cc(C#N)c(C(=O)NN)n2)cc1. The lowest BCUT2D eigenvalue weighted by Crippen LogP contribution is -2.31. The highest BCUT2D eigenvalue weighted by molar-refractivity contribution is 5.94. The van der Waals surface area contributed by atoms with E-state index in [9.17, 15) is 4.79 Å². The highest BCUT2D eigenvalue weighted by Crippen LogP contribution is 2.12. The fourth-order valence-corrected chi connectivity index (χ4v) is 1.52. The predicted molar refractivity (Wildman–Crippen MR) is 64.7 cm³/mol. The Morgan fingerprint density at radius 1 is 1.44 bits per heavy atom. The summed E-state index contributed by atoms with van der Waals surface area (Å²) in [6, 6.07) is 9.47. The lowest BCUT2D eigenvalue weighted by Gasteiger charge is -2.01. The van der Waals surface area contributed by atoms with Crippen molar-refractivity contribution in [2.45, 2.75) is 6.92 Å². The number of hydrogen-bond acceptors (Lipinski definition) is 4. The number of amides is 1. The third-order valence-corrected chi connectivity index (χ3v) is 2.48. The van der Waals surface area contributed by atoms with Crippen LogP contribution in [0.3, 0.4) is 0 Å². The molecule has 1 amide bonds. The molecular formula is C12H11N5O. The molecule has 2 rings (SSSR count). The van der Waals surface area contributed by atoms with Gasteiger partial charge in [0.15, 0.2) is 5.69 Å². The summed E-state index contributed by atoms with van der Waals surface area (Å²) in [7, 11) is 0. The van der Waals surface area contributed by atoms with E-state index in [0.717, 1.165) is 11.3 Å². The second kappa shape index (κ2) is 4.69. The Balaban J connectivity index is 2.48. The zero-order valence-corrected chi connectivity index (χ0v) is 9.71. The van der Waals surface area contributed by atoms with E-state index in [0.29, 0.717) is 0 Å². The van der Waals surface area contributed by atoms with Crippen molar-refractivity contribution < 1.29 is 4.79 Å². The van der Waals surface area contributed by atoms with Crippen molar-refractivity contribution in [3.8, 4) is 11.8 Å². The summed E-state index contributed by atoms with van der Waals surface area (Å²) >= 11 is 0. The van der Waals surface area contributed by atoms with Crippen molar-refractivity contribution in [1.82, 2.24) is 15.2 Å². The van der Waals surface area contributed by atoms with Gasteiger partial charge in [-0.2, -0.15) is 10.4 Å². The minimum atomic E-state index is -0.586. The van der Waals surface area contributed by atoms with Gasteiger partial charge in [-0.15, -0.1) is 0 Å². The van der Waals surface area contributed by atoms with Crippen LogP contribution < -0.4 is 11.3 Å². The maximum absolute atomic E-state index is 11.4. The van der Waals surface area contributed by atoms with Crippen molar-refractivity contribution in [3.63, 3.8) is 0 Å². The largest absolute Gasteiger partial charge is 0.289 e. The third kappa shape index (κ3) is 2.07. The lowest BCUT2D eigenvalue weighted by molar-refractivity contribution is 0.0948. The number of hydrazine groups is 1. The van der Waals surface area contributed by atoms with E-state index in [1.807, 2.05) is 42.7 Å². The van der Waals surface area contributed by atoms with Gasteiger partial charge < -0.3 is 0 Å². The molecule has 0 radical (unpaired) electrons.